The van der Waals surface area contributed by atoms with E-state index in [1.54, 1.807) is 6.20 Å². The van der Waals surface area contributed by atoms with Gasteiger partial charge in [0, 0.05) is 16.5 Å². The van der Waals surface area contributed by atoms with E-state index in [0.717, 1.165) is 52.3 Å². The van der Waals surface area contributed by atoms with Gasteiger partial charge in [-0.1, -0.05) is 36.4 Å². The molecule has 148 valence electrons. The predicted octanol–water partition coefficient (Wildman–Crippen LogP) is 4.07. The van der Waals surface area contributed by atoms with Gasteiger partial charge < -0.3 is 10.1 Å². The fourth-order valence-corrected chi connectivity index (χ4v) is 3.98. The molecule has 4 aromatic rings. The maximum Gasteiger partial charge on any atom is 0.339 e. The lowest BCUT2D eigenvalue weighted by Gasteiger charge is -2.12. The van der Waals surface area contributed by atoms with Gasteiger partial charge >= 0.3 is 5.97 Å². The van der Waals surface area contributed by atoms with Crippen LogP contribution in [-0.2, 0) is 22.4 Å². The molecule has 0 atom stereocenters. The maximum atomic E-state index is 12.9. The second kappa shape index (κ2) is 7.55. The Balaban J connectivity index is 1.33. The highest BCUT2D eigenvalue weighted by Gasteiger charge is 2.25. The third-order valence-electron chi connectivity index (χ3n) is 5.33. The van der Waals surface area contributed by atoms with Crippen LogP contribution < -0.4 is 5.32 Å². The summed E-state index contributed by atoms with van der Waals surface area (Å²) in [5, 5.41) is 4.43. The van der Waals surface area contributed by atoms with Crippen molar-refractivity contribution in [3.05, 3.63) is 77.6 Å². The maximum absolute atomic E-state index is 12.9. The number of aromatic nitrogens is 2. The van der Waals surface area contributed by atoms with Crippen LogP contribution in [0.4, 0.5) is 5.69 Å². The monoisotopic (exact) mass is 397 g/mol. The highest BCUT2D eigenvalue weighted by molar-refractivity contribution is 6.06. The molecule has 2 aromatic carbocycles. The molecule has 2 aromatic heterocycles. The van der Waals surface area contributed by atoms with Gasteiger partial charge in [-0.3, -0.25) is 14.8 Å². The number of carbonyl (C=O) groups excluding carboxylic acids is 2. The number of carbonyl (C=O) groups is 2. The minimum Gasteiger partial charge on any atom is -0.452 e. The van der Waals surface area contributed by atoms with Gasteiger partial charge in [0.2, 0.25) is 0 Å². The van der Waals surface area contributed by atoms with E-state index in [-0.39, 0.29) is 6.61 Å². The number of amides is 1. The van der Waals surface area contributed by atoms with Crippen molar-refractivity contribution in [2.24, 2.45) is 0 Å². The minimum atomic E-state index is -0.487. The number of aryl methyl sites for hydroxylation is 1. The molecule has 0 radical (unpaired) electrons. The number of pyridine rings is 2. The number of ether oxygens (including phenoxy) is 1. The fourth-order valence-electron chi connectivity index (χ4n) is 3.98. The largest absolute Gasteiger partial charge is 0.452 e. The smallest absolute Gasteiger partial charge is 0.339 e. The molecule has 0 saturated carbocycles. The van der Waals surface area contributed by atoms with E-state index in [2.05, 4.69) is 15.3 Å². The Labute approximate surface area is 172 Å². The lowest BCUT2D eigenvalue weighted by atomic mass is 10.0. The van der Waals surface area contributed by atoms with E-state index in [4.69, 9.17) is 4.74 Å². The van der Waals surface area contributed by atoms with Gasteiger partial charge in [-0.2, -0.15) is 0 Å². The minimum absolute atomic E-state index is 0.364. The second-order valence-electron chi connectivity index (χ2n) is 7.32. The van der Waals surface area contributed by atoms with Crippen molar-refractivity contribution in [3.63, 3.8) is 0 Å². The van der Waals surface area contributed by atoms with Crippen LogP contribution in [0, 0.1) is 0 Å². The van der Waals surface area contributed by atoms with E-state index in [0.29, 0.717) is 11.3 Å². The predicted molar refractivity (Wildman–Crippen MR) is 114 cm³/mol. The van der Waals surface area contributed by atoms with Gasteiger partial charge in [0.25, 0.3) is 5.91 Å². The number of nitrogens with one attached hydrogen (secondary N) is 1. The number of rotatable bonds is 4. The van der Waals surface area contributed by atoms with Crippen LogP contribution in [-0.4, -0.2) is 28.5 Å². The molecule has 0 unspecified atom stereocenters. The van der Waals surface area contributed by atoms with Crippen LogP contribution in [0.3, 0.4) is 0 Å². The average molecular weight is 397 g/mol. The Morgan fingerprint density at radius 2 is 1.80 bits per heavy atom. The summed E-state index contributed by atoms with van der Waals surface area (Å²) in [7, 11) is 0. The fraction of sp³-hybridized carbons (Fsp3) is 0.167. The molecule has 1 N–H and O–H groups in total. The number of anilines is 1. The number of hydrogen-bond acceptors (Lipinski definition) is 5. The number of benzene rings is 2. The zero-order chi connectivity index (χ0) is 20.5. The quantitative estimate of drug-likeness (QED) is 0.525. The van der Waals surface area contributed by atoms with Crippen molar-refractivity contribution in [2.45, 2.75) is 19.3 Å². The molecule has 0 spiro atoms. The zero-order valence-electron chi connectivity index (χ0n) is 16.2. The first-order valence-electron chi connectivity index (χ1n) is 9.91. The third kappa shape index (κ3) is 3.37. The zero-order valence-corrected chi connectivity index (χ0v) is 16.2. The molecular weight excluding hydrogens is 378 g/mol. The van der Waals surface area contributed by atoms with Gasteiger partial charge in [0.1, 0.15) is 0 Å². The van der Waals surface area contributed by atoms with Gasteiger partial charge in [0.05, 0.1) is 28.5 Å². The molecule has 0 bridgehead atoms. The van der Waals surface area contributed by atoms with E-state index in [1.807, 2.05) is 54.6 Å². The molecule has 0 saturated heterocycles. The van der Waals surface area contributed by atoms with E-state index < -0.39 is 11.9 Å². The summed E-state index contributed by atoms with van der Waals surface area (Å²) in [6.07, 6.45) is 4.21. The Morgan fingerprint density at radius 1 is 1.00 bits per heavy atom. The standard InChI is InChI=1S/C24H19N3O3/c28-22(26-16-12-15-6-1-3-9-19(15)25-13-16)14-30-24(29)23-17-7-2-4-10-20(17)27-21-11-5-8-18(21)23/h1-4,6-7,9-10,12-13H,5,8,11,14H2,(H,26,28). The first kappa shape index (κ1) is 18.2. The summed E-state index contributed by atoms with van der Waals surface area (Å²) < 4.78 is 5.38. The van der Waals surface area contributed by atoms with Crippen LogP contribution >= 0.6 is 0 Å². The molecule has 5 rings (SSSR count). The van der Waals surface area contributed by atoms with E-state index >= 15 is 0 Å². The Morgan fingerprint density at radius 3 is 2.70 bits per heavy atom. The molecule has 0 fully saturated rings. The third-order valence-corrected chi connectivity index (χ3v) is 5.33. The number of nitrogens with zero attached hydrogens (tertiary/aromatic N) is 2. The molecule has 2 heterocycles. The van der Waals surface area contributed by atoms with Gasteiger partial charge in [-0.05, 0) is 43.0 Å². The summed E-state index contributed by atoms with van der Waals surface area (Å²) in [5.74, 6) is -0.894. The molecule has 1 aliphatic rings. The summed E-state index contributed by atoms with van der Waals surface area (Å²) in [4.78, 5) is 34.3. The summed E-state index contributed by atoms with van der Waals surface area (Å²) in [5.41, 5.74) is 4.61. The van der Waals surface area contributed by atoms with Gasteiger partial charge in [0.15, 0.2) is 6.61 Å². The molecule has 1 aliphatic carbocycles. The van der Waals surface area contributed by atoms with Gasteiger partial charge in [-0.15, -0.1) is 0 Å². The molecule has 30 heavy (non-hydrogen) atoms. The molecule has 6 heteroatoms. The lowest BCUT2D eigenvalue weighted by molar-refractivity contribution is -0.119. The SMILES string of the molecule is O=C(COC(=O)c1c2c(nc3ccccc13)CCC2)Nc1cnc2ccccc2c1. The number of esters is 1. The van der Waals surface area contributed by atoms with Crippen molar-refractivity contribution in [1.82, 2.24) is 9.97 Å². The van der Waals surface area contributed by atoms with Gasteiger partial charge in [-0.25, -0.2) is 4.79 Å². The number of para-hydroxylation sites is 2. The molecular formula is C24H19N3O3. The summed E-state index contributed by atoms with van der Waals surface area (Å²) in [6.45, 7) is -0.364. The molecule has 1 amide bonds. The van der Waals surface area contributed by atoms with Crippen LogP contribution in [0.15, 0.2) is 60.8 Å². The van der Waals surface area contributed by atoms with Crippen molar-refractivity contribution >= 4 is 39.4 Å². The van der Waals surface area contributed by atoms with Crippen LogP contribution in [0.1, 0.15) is 28.0 Å². The van der Waals surface area contributed by atoms with Crippen molar-refractivity contribution in [3.8, 4) is 0 Å². The topological polar surface area (TPSA) is 81.2 Å². The normalized spacial score (nSPS) is 12.7. The number of hydrogen-bond donors (Lipinski definition) is 1. The van der Waals surface area contributed by atoms with Crippen LogP contribution in [0.25, 0.3) is 21.8 Å². The Hall–Kier alpha value is -3.80. The molecule has 0 aliphatic heterocycles. The van der Waals surface area contributed by atoms with Crippen molar-refractivity contribution < 1.29 is 14.3 Å². The highest BCUT2D eigenvalue weighted by atomic mass is 16.5. The summed E-state index contributed by atoms with van der Waals surface area (Å²) in [6, 6.07) is 17.0. The van der Waals surface area contributed by atoms with E-state index in [1.165, 1.54) is 0 Å². The first-order valence-corrected chi connectivity index (χ1v) is 9.91. The highest BCUT2D eigenvalue weighted by Crippen LogP contribution is 2.30. The number of fused-ring (bicyclic) bond motifs is 3. The van der Waals surface area contributed by atoms with Crippen LogP contribution in [0.2, 0.25) is 0 Å². The second-order valence-corrected chi connectivity index (χ2v) is 7.32. The first-order chi connectivity index (χ1) is 14.7. The Bertz CT molecular complexity index is 1300. The van der Waals surface area contributed by atoms with E-state index in [9.17, 15) is 9.59 Å². The average Bonchev–Trinajstić information content (AvgIpc) is 3.23. The summed E-state index contributed by atoms with van der Waals surface area (Å²) >= 11 is 0. The van der Waals surface area contributed by atoms with Crippen molar-refractivity contribution in [2.75, 3.05) is 11.9 Å². The lowest BCUT2D eigenvalue weighted by Crippen LogP contribution is -2.21. The van der Waals surface area contributed by atoms with Crippen LogP contribution in [0.5, 0.6) is 0 Å². The van der Waals surface area contributed by atoms with Crippen molar-refractivity contribution in [1.29, 1.82) is 0 Å². The Kier molecular flexibility index (Phi) is 4.59. The molecule has 6 nitrogen and oxygen atoms in total.